The van der Waals surface area contributed by atoms with Gasteiger partial charge in [0.25, 0.3) is 0 Å². The SMILES string of the molecule is COc1ccc(F)cc1-c1c(Cl)ccc(Br)c1Cl. The summed E-state index contributed by atoms with van der Waals surface area (Å²) in [6.45, 7) is 0. The van der Waals surface area contributed by atoms with E-state index in [1.165, 1.54) is 25.3 Å². The third-order valence-electron chi connectivity index (χ3n) is 2.47. The van der Waals surface area contributed by atoms with Crippen molar-refractivity contribution in [3.63, 3.8) is 0 Å². The molecule has 0 aliphatic rings. The van der Waals surface area contributed by atoms with Crippen molar-refractivity contribution in [3.8, 4) is 16.9 Å². The first-order valence-electron chi connectivity index (χ1n) is 5.02. The summed E-state index contributed by atoms with van der Waals surface area (Å²) < 4.78 is 19.3. The predicted molar refractivity (Wildman–Crippen MR) is 76.1 cm³/mol. The Hall–Kier alpha value is -0.770. The molecule has 0 aliphatic carbocycles. The molecule has 0 aliphatic heterocycles. The summed E-state index contributed by atoms with van der Waals surface area (Å²) in [6, 6.07) is 7.63. The molecule has 0 saturated heterocycles. The van der Waals surface area contributed by atoms with Crippen molar-refractivity contribution in [2.24, 2.45) is 0 Å². The second-order valence-electron chi connectivity index (χ2n) is 3.56. The highest BCUT2D eigenvalue weighted by Gasteiger charge is 2.16. The number of methoxy groups -OCH3 is 1. The molecule has 94 valence electrons. The first-order valence-corrected chi connectivity index (χ1v) is 6.57. The molecule has 0 unspecified atom stereocenters. The van der Waals surface area contributed by atoms with Gasteiger partial charge in [0.2, 0.25) is 0 Å². The van der Waals surface area contributed by atoms with Crippen LogP contribution in [0, 0.1) is 5.82 Å². The van der Waals surface area contributed by atoms with Crippen LogP contribution in [0.25, 0.3) is 11.1 Å². The average molecular weight is 350 g/mol. The van der Waals surface area contributed by atoms with Crippen LogP contribution < -0.4 is 4.74 Å². The number of hydrogen-bond donors (Lipinski definition) is 0. The topological polar surface area (TPSA) is 9.23 Å². The van der Waals surface area contributed by atoms with Crippen molar-refractivity contribution in [2.75, 3.05) is 7.11 Å². The molecular weight excluding hydrogens is 342 g/mol. The highest BCUT2D eigenvalue weighted by atomic mass is 79.9. The summed E-state index contributed by atoms with van der Waals surface area (Å²) in [5.41, 5.74) is 1.07. The molecule has 0 aromatic heterocycles. The Balaban J connectivity index is 2.76. The smallest absolute Gasteiger partial charge is 0.126 e. The average Bonchev–Trinajstić information content (AvgIpc) is 2.35. The van der Waals surface area contributed by atoms with Crippen molar-refractivity contribution in [1.29, 1.82) is 0 Å². The van der Waals surface area contributed by atoms with Crippen molar-refractivity contribution in [3.05, 3.63) is 50.7 Å². The van der Waals surface area contributed by atoms with Gasteiger partial charge in [0.15, 0.2) is 0 Å². The molecule has 18 heavy (non-hydrogen) atoms. The molecule has 0 atom stereocenters. The lowest BCUT2D eigenvalue weighted by Gasteiger charge is -2.13. The van der Waals surface area contributed by atoms with Crippen LogP contribution in [-0.4, -0.2) is 7.11 Å². The minimum absolute atomic E-state index is 0.377. The zero-order valence-corrected chi connectivity index (χ0v) is 12.4. The molecule has 0 amide bonds. The van der Waals surface area contributed by atoms with Gasteiger partial charge in [-0.05, 0) is 46.3 Å². The number of hydrogen-bond acceptors (Lipinski definition) is 1. The van der Waals surface area contributed by atoms with Crippen molar-refractivity contribution in [2.45, 2.75) is 0 Å². The maximum absolute atomic E-state index is 13.4. The van der Waals surface area contributed by atoms with E-state index in [1.54, 1.807) is 12.1 Å². The largest absolute Gasteiger partial charge is 0.496 e. The molecular formula is C13H8BrCl2FO. The molecule has 0 radical (unpaired) electrons. The lowest BCUT2D eigenvalue weighted by molar-refractivity contribution is 0.415. The highest BCUT2D eigenvalue weighted by Crippen LogP contribution is 2.42. The molecule has 0 spiro atoms. The van der Waals surface area contributed by atoms with Crippen molar-refractivity contribution < 1.29 is 9.13 Å². The Labute approximate surface area is 123 Å². The summed E-state index contributed by atoms with van der Waals surface area (Å²) in [4.78, 5) is 0. The quantitative estimate of drug-likeness (QED) is 0.644. The van der Waals surface area contributed by atoms with Crippen LogP contribution in [0.2, 0.25) is 10.0 Å². The maximum Gasteiger partial charge on any atom is 0.126 e. The zero-order valence-electron chi connectivity index (χ0n) is 9.31. The maximum atomic E-state index is 13.4. The van der Waals surface area contributed by atoms with Crippen LogP contribution in [0.1, 0.15) is 0 Å². The first kappa shape index (κ1) is 13.7. The van der Waals surface area contributed by atoms with Crippen LogP contribution in [-0.2, 0) is 0 Å². The van der Waals surface area contributed by atoms with Gasteiger partial charge in [0.1, 0.15) is 11.6 Å². The second kappa shape index (κ2) is 5.47. The van der Waals surface area contributed by atoms with Gasteiger partial charge >= 0.3 is 0 Å². The van der Waals surface area contributed by atoms with Gasteiger partial charge in [0, 0.05) is 15.6 Å². The lowest BCUT2D eigenvalue weighted by atomic mass is 10.0. The number of halogens is 4. The summed E-state index contributed by atoms with van der Waals surface area (Å²) in [7, 11) is 1.51. The van der Waals surface area contributed by atoms with Gasteiger partial charge < -0.3 is 4.74 Å². The number of ether oxygens (including phenoxy) is 1. The molecule has 2 aromatic carbocycles. The van der Waals surface area contributed by atoms with E-state index < -0.39 is 0 Å². The molecule has 1 nitrogen and oxygen atoms in total. The summed E-state index contributed by atoms with van der Waals surface area (Å²) >= 11 is 15.7. The Morgan fingerprint density at radius 3 is 2.56 bits per heavy atom. The molecule has 2 aromatic rings. The summed E-state index contributed by atoms with van der Waals surface area (Å²) in [6.07, 6.45) is 0. The second-order valence-corrected chi connectivity index (χ2v) is 5.20. The standard InChI is InChI=1S/C13H8BrCl2FO/c1-18-11-5-2-7(17)6-8(11)12-10(15)4-3-9(14)13(12)16/h2-6H,1H3. The Morgan fingerprint density at radius 1 is 1.17 bits per heavy atom. The monoisotopic (exact) mass is 348 g/mol. The lowest BCUT2D eigenvalue weighted by Crippen LogP contribution is -1.91. The third-order valence-corrected chi connectivity index (χ3v) is 4.07. The normalized spacial score (nSPS) is 10.5. The molecule has 0 heterocycles. The van der Waals surface area contributed by atoms with Crippen LogP contribution >= 0.6 is 39.1 Å². The molecule has 2 rings (SSSR count). The Kier molecular flexibility index (Phi) is 4.15. The minimum atomic E-state index is -0.377. The van der Waals surface area contributed by atoms with E-state index >= 15 is 0 Å². The van der Waals surface area contributed by atoms with E-state index in [0.29, 0.717) is 31.4 Å². The predicted octanol–water partition coefficient (Wildman–Crippen LogP) is 5.57. The Morgan fingerprint density at radius 2 is 1.89 bits per heavy atom. The molecule has 0 fully saturated rings. The van der Waals surface area contributed by atoms with Crippen molar-refractivity contribution in [1.82, 2.24) is 0 Å². The fourth-order valence-electron chi connectivity index (χ4n) is 1.65. The summed E-state index contributed by atoms with van der Waals surface area (Å²) in [5.74, 6) is 0.135. The molecule has 0 N–H and O–H groups in total. The third kappa shape index (κ3) is 2.48. The van der Waals surface area contributed by atoms with E-state index in [4.69, 9.17) is 27.9 Å². The fraction of sp³-hybridized carbons (Fsp3) is 0.0769. The van der Waals surface area contributed by atoms with E-state index in [0.717, 1.165) is 0 Å². The molecule has 0 bridgehead atoms. The first-order chi connectivity index (χ1) is 8.54. The van der Waals surface area contributed by atoms with E-state index in [-0.39, 0.29) is 5.82 Å². The zero-order chi connectivity index (χ0) is 13.3. The van der Waals surface area contributed by atoms with E-state index in [1.807, 2.05) is 0 Å². The van der Waals surface area contributed by atoms with Crippen LogP contribution in [0.3, 0.4) is 0 Å². The number of rotatable bonds is 2. The number of benzene rings is 2. The van der Waals surface area contributed by atoms with Gasteiger partial charge in [-0.25, -0.2) is 4.39 Å². The Bertz CT molecular complexity index is 602. The summed E-state index contributed by atoms with van der Waals surface area (Å²) in [5, 5.41) is 0.860. The van der Waals surface area contributed by atoms with Gasteiger partial charge in [-0.2, -0.15) is 0 Å². The van der Waals surface area contributed by atoms with E-state index in [9.17, 15) is 4.39 Å². The highest BCUT2D eigenvalue weighted by molar-refractivity contribution is 9.10. The fourth-order valence-corrected chi connectivity index (χ4v) is 2.55. The van der Waals surface area contributed by atoms with Crippen LogP contribution in [0.4, 0.5) is 4.39 Å². The van der Waals surface area contributed by atoms with Gasteiger partial charge in [-0.15, -0.1) is 0 Å². The van der Waals surface area contributed by atoms with Crippen LogP contribution in [0.5, 0.6) is 5.75 Å². The van der Waals surface area contributed by atoms with Gasteiger partial charge in [-0.1, -0.05) is 23.2 Å². The van der Waals surface area contributed by atoms with Crippen LogP contribution in [0.15, 0.2) is 34.8 Å². The van der Waals surface area contributed by atoms with Gasteiger partial charge in [0.05, 0.1) is 17.2 Å². The van der Waals surface area contributed by atoms with E-state index in [2.05, 4.69) is 15.9 Å². The molecule has 5 heteroatoms. The van der Waals surface area contributed by atoms with Crippen molar-refractivity contribution >= 4 is 39.1 Å². The minimum Gasteiger partial charge on any atom is -0.496 e. The van der Waals surface area contributed by atoms with Gasteiger partial charge in [-0.3, -0.25) is 0 Å². The molecule has 0 saturated carbocycles.